The smallest absolute Gasteiger partial charge is 0.0994 e. The molecule has 100 valence electrons. The summed E-state index contributed by atoms with van der Waals surface area (Å²) in [6.07, 6.45) is 0. The van der Waals surface area contributed by atoms with E-state index in [1.807, 2.05) is 60.7 Å². The standard InChI is InChI=1S/C20H15N/c21-15-18-13-7-8-14-19(18)20(16-9-3-1-4-10-16)17-11-5-2-6-12-17/h1-14,20H. The predicted octanol–water partition coefficient (Wildman–Crippen LogP) is 4.74. The molecule has 0 heterocycles. The second-order valence-corrected chi connectivity index (χ2v) is 4.95. The average molecular weight is 269 g/mol. The lowest BCUT2D eigenvalue weighted by molar-refractivity contribution is 0.971. The van der Waals surface area contributed by atoms with E-state index in [0.29, 0.717) is 0 Å². The largest absolute Gasteiger partial charge is 0.192 e. The van der Waals surface area contributed by atoms with Gasteiger partial charge in [-0.2, -0.15) is 5.26 Å². The van der Waals surface area contributed by atoms with Gasteiger partial charge in [-0.25, -0.2) is 0 Å². The van der Waals surface area contributed by atoms with E-state index >= 15 is 0 Å². The molecule has 0 fully saturated rings. The van der Waals surface area contributed by atoms with E-state index < -0.39 is 0 Å². The summed E-state index contributed by atoms with van der Waals surface area (Å²) in [7, 11) is 0. The zero-order valence-electron chi connectivity index (χ0n) is 11.6. The van der Waals surface area contributed by atoms with Crippen molar-refractivity contribution in [2.45, 2.75) is 5.92 Å². The quantitative estimate of drug-likeness (QED) is 0.630. The topological polar surface area (TPSA) is 23.8 Å². The van der Waals surface area contributed by atoms with Crippen molar-refractivity contribution in [3.63, 3.8) is 0 Å². The lowest BCUT2D eigenvalue weighted by Gasteiger charge is -2.19. The Morgan fingerprint density at radius 1 is 0.619 bits per heavy atom. The molecule has 21 heavy (non-hydrogen) atoms. The number of hydrogen-bond acceptors (Lipinski definition) is 1. The number of nitrogens with zero attached hydrogens (tertiary/aromatic N) is 1. The monoisotopic (exact) mass is 269 g/mol. The minimum Gasteiger partial charge on any atom is -0.192 e. The van der Waals surface area contributed by atoms with Crippen LogP contribution in [0.2, 0.25) is 0 Å². The fraction of sp³-hybridized carbons (Fsp3) is 0.0500. The molecule has 3 rings (SSSR count). The lowest BCUT2D eigenvalue weighted by Crippen LogP contribution is -2.05. The molecule has 1 heteroatoms. The van der Waals surface area contributed by atoms with Crippen LogP contribution in [0.15, 0.2) is 84.9 Å². The Morgan fingerprint density at radius 3 is 1.62 bits per heavy atom. The van der Waals surface area contributed by atoms with Crippen LogP contribution in [0, 0.1) is 11.3 Å². The summed E-state index contributed by atoms with van der Waals surface area (Å²) in [5.41, 5.74) is 4.19. The third-order valence-corrected chi connectivity index (χ3v) is 3.66. The van der Waals surface area contributed by atoms with Crippen molar-refractivity contribution < 1.29 is 0 Å². The first-order valence-electron chi connectivity index (χ1n) is 6.99. The molecule has 0 saturated heterocycles. The third-order valence-electron chi connectivity index (χ3n) is 3.66. The Labute approximate surface area is 125 Å². The maximum atomic E-state index is 9.41. The van der Waals surface area contributed by atoms with Gasteiger partial charge in [-0.3, -0.25) is 0 Å². The number of nitriles is 1. The van der Waals surface area contributed by atoms with Gasteiger partial charge in [0.05, 0.1) is 11.6 Å². The van der Waals surface area contributed by atoms with Crippen molar-refractivity contribution in [2.24, 2.45) is 0 Å². The molecule has 0 saturated carbocycles. The summed E-state index contributed by atoms with van der Waals surface area (Å²) >= 11 is 0. The maximum Gasteiger partial charge on any atom is 0.0994 e. The fourth-order valence-electron chi connectivity index (χ4n) is 2.69. The van der Waals surface area contributed by atoms with Gasteiger partial charge in [0.25, 0.3) is 0 Å². The van der Waals surface area contributed by atoms with Crippen LogP contribution in [-0.2, 0) is 0 Å². The summed E-state index contributed by atoms with van der Waals surface area (Å²) in [6, 6.07) is 30.8. The Bertz CT molecular complexity index is 715. The van der Waals surface area contributed by atoms with Gasteiger partial charge in [-0.05, 0) is 22.8 Å². The zero-order chi connectivity index (χ0) is 14.5. The van der Waals surface area contributed by atoms with Gasteiger partial charge in [-0.15, -0.1) is 0 Å². The van der Waals surface area contributed by atoms with Crippen molar-refractivity contribution in [1.29, 1.82) is 5.26 Å². The van der Waals surface area contributed by atoms with Crippen LogP contribution in [0.1, 0.15) is 28.2 Å². The molecule has 0 amide bonds. The molecule has 0 radical (unpaired) electrons. The molecule has 0 aliphatic heterocycles. The number of benzene rings is 3. The van der Waals surface area contributed by atoms with Crippen molar-refractivity contribution in [3.8, 4) is 6.07 Å². The van der Waals surface area contributed by atoms with Crippen LogP contribution < -0.4 is 0 Å². The van der Waals surface area contributed by atoms with Crippen LogP contribution in [0.4, 0.5) is 0 Å². The van der Waals surface area contributed by atoms with Gasteiger partial charge < -0.3 is 0 Å². The molecule has 0 aliphatic rings. The van der Waals surface area contributed by atoms with Crippen LogP contribution in [0.5, 0.6) is 0 Å². The summed E-state index contributed by atoms with van der Waals surface area (Å²) in [5, 5.41) is 9.41. The Morgan fingerprint density at radius 2 is 1.10 bits per heavy atom. The molecule has 0 bridgehead atoms. The number of rotatable bonds is 3. The van der Waals surface area contributed by atoms with Crippen molar-refractivity contribution in [3.05, 3.63) is 107 Å². The van der Waals surface area contributed by atoms with Crippen LogP contribution in [0.25, 0.3) is 0 Å². The fourth-order valence-corrected chi connectivity index (χ4v) is 2.69. The number of hydrogen-bond donors (Lipinski definition) is 0. The maximum absolute atomic E-state index is 9.41. The van der Waals surface area contributed by atoms with E-state index in [1.54, 1.807) is 0 Å². The van der Waals surface area contributed by atoms with Gasteiger partial charge in [0.2, 0.25) is 0 Å². The van der Waals surface area contributed by atoms with Gasteiger partial charge >= 0.3 is 0 Å². The highest BCUT2D eigenvalue weighted by Gasteiger charge is 2.18. The molecule has 0 N–H and O–H groups in total. The summed E-state index contributed by atoms with van der Waals surface area (Å²) in [4.78, 5) is 0. The summed E-state index contributed by atoms with van der Waals surface area (Å²) < 4.78 is 0. The van der Waals surface area contributed by atoms with Gasteiger partial charge in [0.1, 0.15) is 0 Å². The predicted molar refractivity (Wildman–Crippen MR) is 85.0 cm³/mol. The second-order valence-electron chi connectivity index (χ2n) is 4.95. The van der Waals surface area contributed by atoms with E-state index in [1.165, 1.54) is 11.1 Å². The normalized spacial score (nSPS) is 10.3. The van der Waals surface area contributed by atoms with Crippen LogP contribution >= 0.6 is 0 Å². The van der Waals surface area contributed by atoms with Crippen LogP contribution in [0.3, 0.4) is 0 Å². The van der Waals surface area contributed by atoms with Crippen LogP contribution in [-0.4, -0.2) is 0 Å². The van der Waals surface area contributed by atoms with Crippen molar-refractivity contribution in [1.82, 2.24) is 0 Å². The third kappa shape index (κ3) is 2.70. The Hall–Kier alpha value is -2.85. The van der Waals surface area contributed by atoms with E-state index in [4.69, 9.17) is 0 Å². The average Bonchev–Trinajstić information content (AvgIpc) is 2.58. The molecule has 0 aliphatic carbocycles. The molecule has 0 aromatic heterocycles. The lowest BCUT2D eigenvalue weighted by atomic mass is 9.83. The molecule has 0 atom stereocenters. The Balaban J connectivity index is 2.21. The van der Waals surface area contributed by atoms with Gasteiger partial charge in [0, 0.05) is 5.92 Å². The summed E-state index contributed by atoms with van der Waals surface area (Å²) in [6.45, 7) is 0. The molecule has 1 nitrogen and oxygen atoms in total. The first kappa shape index (κ1) is 13.1. The van der Waals surface area contributed by atoms with E-state index in [2.05, 4.69) is 30.3 Å². The molecular formula is C20H15N. The Kier molecular flexibility index (Phi) is 3.80. The first-order chi connectivity index (χ1) is 10.4. The molecule has 0 spiro atoms. The molecule has 3 aromatic carbocycles. The highest BCUT2D eigenvalue weighted by atomic mass is 14.3. The van der Waals surface area contributed by atoms with E-state index in [9.17, 15) is 5.26 Å². The zero-order valence-corrected chi connectivity index (χ0v) is 11.6. The molecule has 0 unspecified atom stereocenters. The SMILES string of the molecule is N#Cc1ccccc1C(c1ccccc1)c1ccccc1. The minimum atomic E-state index is 0.0863. The molecule has 3 aromatic rings. The van der Waals surface area contributed by atoms with Gasteiger partial charge in [0.15, 0.2) is 0 Å². The highest BCUT2D eigenvalue weighted by molar-refractivity contribution is 5.49. The minimum absolute atomic E-state index is 0.0863. The second kappa shape index (κ2) is 6.07. The van der Waals surface area contributed by atoms with E-state index in [0.717, 1.165) is 11.1 Å². The van der Waals surface area contributed by atoms with Crippen molar-refractivity contribution in [2.75, 3.05) is 0 Å². The first-order valence-corrected chi connectivity index (χ1v) is 6.99. The van der Waals surface area contributed by atoms with E-state index in [-0.39, 0.29) is 5.92 Å². The summed E-state index contributed by atoms with van der Waals surface area (Å²) in [5.74, 6) is 0.0863. The molecular weight excluding hydrogens is 254 g/mol. The highest BCUT2D eigenvalue weighted by Crippen LogP contribution is 2.33. The van der Waals surface area contributed by atoms with Gasteiger partial charge in [-0.1, -0.05) is 78.9 Å². The van der Waals surface area contributed by atoms with Crippen molar-refractivity contribution >= 4 is 0 Å².